The van der Waals surface area contributed by atoms with E-state index < -0.39 is 0 Å². The van der Waals surface area contributed by atoms with Gasteiger partial charge in [-0.25, -0.2) is 0 Å². The third kappa shape index (κ3) is 4.20. The topological polar surface area (TPSA) is 69.4 Å². The van der Waals surface area contributed by atoms with Crippen molar-refractivity contribution in [3.63, 3.8) is 0 Å². The second-order valence-corrected chi connectivity index (χ2v) is 9.87. The van der Waals surface area contributed by atoms with Crippen LogP contribution >= 0.6 is 11.3 Å². The Morgan fingerprint density at radius 1 is 0.972 bits per heavy atom. The zero-order valence-corrected chi connectivity index (χ0v) is 21.0. The van der Waals surface area contributed by atoms with Crippen LogP contribution in [0.1, 0.15) is 26.2 Å². The van der Waals surface area contributed by atoms with Crippen molar-refractivity contribution in [2.24, 2.45) is 0 Å². The van der Waals surface area contributed by atoms with E-state index in [-0.39, 0.29) is 0 Å². The number of thiophene rings is 1. The van der Waals surface area contributed by atoms with E-state index in [1.54, 1.807) is 11.3 Å². The molecule has 6 heteroatoms. The number of aromatic amines is 2. The lowest BCUT2D eigenvalue weighted by Crippen LogP contribution is -1.98. The number of pyridine rings is 1. The minimum Gasteiger partial charge on any atom is -0.358 e. The predicted octanol–water partition coefficient (Wildman–Crippen LogP) is 8.62. The Hall–Kier alpha value is -4.16. The normalized spacial score (nSPS) is 11.4. The lowest BCUT2D eigenvalue weighted by atomic mass is 10.0. The van der Waals surface area contributed by atoms with Crippen molar-refractivity contribution >= 4 is 38.8 Å². The van der Waals surface area contributed by atoms with Gasteiger partial charge >= 0.3 is 0 Å². The third-order valence-electron chi connectivity index (χ3n) is 6.54. The molecule has 5 nitrogen and oxygen atoms in total. The highest BCUT2D eigenvalue weighted by Crippen LogP contribution is 2.36. The number of benzene rings is 2. The Morgan fingerprint density at radius 2 is 1.92 bits per heavy atom. The molecular weight excluding hydrogens is 462 g/mol. The number of fused-ring (bicyclic) bond motifs is 2. The molecule has 0 radical (unpaired) electrons. The number of hydrogen-bond donors (Lipinski definition) is 3. The highest BCUT2D eigenvalue weighted by atomic mass is 32.1. The first kappa shape index (κ1) is 22.3. The first-order valence-corrected chi connectivity index (χ1v) is 13.2. The SMILES string of the molecule is C=C(CCCC)Nc1cncc(-c2ccc3[nH]nc(-c4cc5c(-c6ccsc6)cccc5[nH]4)c3c2)c1. The van der Waals surface area contributed by atoms with E-state index in [9.17, 15) is 0 Å². The molecule has 2 aromatic carbocycles. The zero-order valence-electron chi connectivity index (χ0n) is 20.1. The summed E-state index contributed by atoms with van der Waals surface area (Å²) < 4.78 is 0. The maximum absolute atomic E-state index is 4.68. The van der Waals surface area contributed by atoms with Crippen molar-refractivity contribution in [1.29, 1.82) is 0 Å². The van der Waals surface area contributed by atoms with Gasteiger partial charge in [-0.3, -0.25) is 10.1 Å². The van der Waals surface area contributed by atoms with E-state index in [1.807, 2.05) is 12.4 Å². The van der Waals surface area contributed by atoms with Crippen LogP contribution in [0.5, 0.6) is 0 Å². The number of nitrogens with one attached hydrogen (secondary N) is 3. The highest BCUT2D eigenvalue weighted by molar-refractivity contribution is 7.08. The van der Waals surface area contributed by atoms with E-state index in [4.69, 9.17) is 0 Å². The van der Waals surface area contributed by atoms with Gasteiger partial charge in [0.2, 0.25) is 0 Å². The van der Waals surface area contributed by atoms with Crippen LogP contribution in [0.3, 0.4) is 0 Å². The molecule has 36 heavy (non-hydrogen) atoms. The summed E-state index contributed by atoms with van der Waals surface area (Å²) in [6, 6.07) is 19.3. The molecule has 178 valence electrons. The fourth-order valence-electron chi connectivity index (χ4n) is 4.67. The molecule has 4 heterocycles. The largest absolute Gasteiger partial charge is 0.358 e. The van der Waals surface area contributed by atoms with E-state index >= 15 is 0 Å². The van der Waals surface area contributed by atoms with Gasteiger partial charge in [-0.15, -0.1) is 0 Å². The Morgan fingerprint density at radius 3 is 2.78 bits per heavy atom. The Bertz CT molecular complexity index is 1670. The predicted molar refractivity (Wildman–Crippen MR) is 152 cm³/mol. The summed E-state index contributed by atoms with van der Waals surface area (Å²) in [5.74, 6) is 0. The maximum atomic E-state index is 4.68. The Kier molecular flexibility index (Phi) is 5.87. The van der Waals surface area contributed by atoms with Crippen molar-refractivity contribution in [3.8, 4) is 33.6 Å². The fraction of sp³-hybridized carbons (Fsp3) is 0.133. The summed E-state index contributed by atoms with van der Waals surface area (Å²) in [5, 5.41) is 17.9. The van der Waals surface area contributed by atoms with E-state index in [0.29, 0.717) is 0 Å². The van der Waals surface area contributed by atoms with Gasteiger partial charge < -0.3 is 10.3 Å². The fourth-order valence-corrected chi connectivity index (χ4v) is 5.33. The lowest BCUT2D eigenvalue weighted by molar-refractivity contribution is 0.791. The van der Waals surface area contributed by atoms with Gasteiger partial charge in [0.05, 0.1) is 23.1 Å². The van der Waals surface area contributed by atoms with Crippen molar-refractivity contribution in [2.45, 2.75) is 26.2 Å². The van der Waals surface area contributed by atoms with E-state index in [1.165, 1.54) is 16.5 Å². The third-order valence-corrected chi connectivity index (χ3v) is 7.22. The number of anilines is 1. The average molecular weight is 490 g/mol. The number of unbranched alkanes of at least 4 members (excludes halogenated alkanes) is 1. The van der Waals surface area contributed by atoms with Crippen LogP contribution in [0, 0.1) is 0 Å². The monoisotopic (exact) mass is 489 g/mol. The number of H-pyrrole nitrogens is 2. The van der Waals surface area contributed by atoms with E-state index in [2.05, 4.69) is 104 Å². The van der Waals surface area contributed by atoms with Crippen LogP contribution < -0.4 is 5.32 Å². The summed E-state index contributed by atoms with van der Waals surface area (Å²) in [6.07, 6.45) is 6.98. The number of nitrogens with zero attached hydrogens (tertiary/aromatic N) is 2. The van der Waals surface area contributed by atoms with Crippen LogP contribution in [-0.4, -0.2) is 20.2 Å². The lowest BCUT2D eigenvalue weighted by Gasteiger charge is -2.10. The molecule has 3 N–H and O–H groups in total. The van der Waals surface area contributed by atoms with Crippen LogP contribution in [0.25, 0.3) is 55.4 Å². The van der Waals surface area contributed by atoms with Gasteiger partial charge in [0, 0.05) is 33.7 Å². The molecular formula is C30H27N5S. The molecule has 6 rings (SSSR count). The first-order chi connectivity index (χ1) is 17.7. The number of aromatic nitrogens is 4. The highest BCUT2D eigenvalue weighted by Gasteiger charge is 2.14. The van der Waals surface area contributed by atoms with Crippen LogP contribution in [0.4, 0.5) is 5.69 Å². The van der Waals surface area contributed by atoms with Gasteiger partial charge in [0.25, 0.3) is 0 Å². The second-order valence-electron chi connectivity index (χ2n) is 9.09. The van der Waals surface area contributed by atoms with Gasteiger partial charge in [-0.1, -0.05) is 38.1 Å². The average Bonchev–Trinajstić information content (AvgIpc) is 3.66. The van der Waals surface area contributed by atoms with Crippen LogP contribution in [0.2, 0.25) is 0 Å². The molecule has 0 spiro atoms. The molecule has 0 amide bonds. The molecule has 0 unspecified atom stereocenters. The summed E-state index contributed by atoms with van der Waals surface area (Å²) in [4.78, 5) is 8.06. The molecule has 0 aliphatic carbocycles. The van der Waals surface area contributed by atoms with Crippen molar-refractivity contribution < 1.29 is 0 Å². The smallest absolute Gasteiger partial charge is 0.116 e. The molecule has 0 aliphatic rings. The summed E-state index contributed by atoms with van der Waals surface area (Å²) in [5.41, 5.74) is 10.6. The number of allylic oxidation sites excluding steroid dienone is 1. The van der Waals surface area contributed by atoms with Crippen molar-refractivity contribution in [3.05, 3.63) is 90.0 Å². The standard InChI is InChI=1S/C30H27N5S/c1-3-4-6-19(2)32-23-13-22(16-31-17-23)20-9-10-28-26(14-20)30(35-34-28)29-15-25-24(21-11-12-36-18-21)7-5-8-27(25)33-29/h5,7-18,32-33H,2-4,6H2,1H3,(H,34,35). The number of rotatable bonds is 8. The Balaban J connectivity index is 1.37. The molecule has 6 aromatic rings. The van der Waals surface area contributed by atoms with Crippen LogP contribution in [0.15, 0.2) is 90.0 Å². The van der Waals surface area contributed by atoms with Gasteiger partial charge in [0.15, 0.2) is 0 Å². The van der Waals surface area contributed by atoms with Crippen molar-refractivity contribution in [1.82, 2.24) is 20.2 Å². The Labute approximate surface area is 213 Å². The quantitative estimate of drug-likeness (QED) is 0.200. The van der Waals surface area contributed by atoms with E-state index in [0.717, 1.165) is 69.6 Å². The summed E-state index contributed by atoms with van der Waals surface area (Å²) >= 11 is 1.71. The van der Waals surface area contributed by atoms with Gasteiger partial charge in [0.1, 0.15) is 5.69 Å². The maximum Gasteiger partial charge on any atom is 0.116 e. The first-order valence-electron chi connectivity index (χ1n) is 12.2. The van der Waals surface area contributed by atoms with Gasteiger partial charge in [-0.05, 0) is 76.7 Å². The molecule has 0 atom stereocenters. The summed E-state index contributed by atoms with van der Waals surface area (Å²) in [6.45, 7) is 6.34. The molecule has 0 bridgehead atoms. The van der Waals surface area contributed by atoms with Crippen molar-refractivity contribution in [2.75, 3.05) is 5.32 Å². The minimum absolute atomic E-state index is 0.912. The molecule has 0 saturated carbocycles. The molecule has 0 fully saturated rings. The molecule has 0 saturated heterocycles. The van der Waals surface area contributed by atoms with Gasteiger partial charge in [-0.2, -0.15) is 16.4 Å². The number of hydrogen-bond acceptors (Lipinski definition) is 4. The summed E-state index contributed by atoms with van der Waals surface area (Å²) in [7, 11) is 0. The molecule has 4 aromatic heterocycles. The molecule has 0 aliphatic heterocycles. The minimum atomic E-state index is 0.912. The second kappa shape index (κ2) is 9.47. The van der Waals surface area contributed by atoms with Crippen LogP contribution in [-0.2, 0) is 0 Å². The zero-order chi connectivity index (χ0) is 24.5.